The molecule has 1 aromatic rings. The van der Waals surface area contributed by atoms with E-state index in [9.17, 15) is 4.79 Å². The van der Waals surface area contributed by atoms with Gasteiger partial charge in [0.05, 0.1) is 6.54 Å². The third kappa shape index (κ3) is 3.20. The minimum Gasteiger partial charge on any atom is -0.369 e. The molecule has 0 radical (unpaired) electrons. The first-order chi connectivity index (χ1) is 8.08. The van der Waals surface area contributed by atoms with E-state index in [0.29, 0.717) is 12.6 Å². The van der Waals surface area contributed by atoms with Crippen LogP contribution in [-0.4, -0.2) is 23.4 Å². The highest BCUT2D eigenvalue weighted by Crippen LogP contribution is 2.34. The topological polar surface area (TPSA) is 46.3 Å². The summed E-state index contributed by atoms with van der Waals surface area (Å²) in [5, 5.41) is 0.730. The third-order valence-corrected chi connectivity index (χ3v) is 3.46. The second-order valence-corrected chi connectivity index (χ2v) is 5.03. The van der Waals surface area contributed by atoms with Crippen LogP contribution in [0.3, 0.4) is 0 Å². The Balaban J connectivity index is 2.12. The van der Waals surface area contributed by atoms with Gasteiger partial charge in [-0.3, -0.25) is 9.69 Å². The van der Waals surface area contributed by atoms with Crippen molar-refractivity contribution in [2.24, 2.45) is 5.73 Å². The lowest BCUT2D eigenvalue weighted by Crippen LogP contribution is -2.37. The van der Waals surface area contributed by atoms with Crippen LogP contribution in [0.2, 0.25) is 5.02 Å². The fraction of sp³-hybridized carbons (Fsp3) is 0.462. The highest BCUT2D eigenvalue weighted by atomic mass is 35.5. The van der Waals surface area contributed by atoms with Gasteiger partial charge in [0.25, 0.3) is 0 Å². The number of nitrogens with zero attached hydrogens (tertiary/aromatic N) is 1. The van der Waals surface area contributed by atoms with Crippen LogP contribution < -0.4 is 5.73 Å². The van der Waals surface area contributed by atoms with Crippen molar-refractivity contribution < 1.29 is 4.79 Å². The van der Waals surface area contributed by atoms with Crippen molar-refractivity contribution in [1.82, 2.24) is 4.90 Å². The van der Waals surface area contributed by atoms with Gasteiger partial charge in [-0.1, -0.05) is 23.7 Å². The number of carbonyl (C=O) groups excluding carboxylic acids is 1. The van der Waals surface area contributed by atoms with Gasteiger partial charge >= 0.3 is 0 Å². The van der Waals surface area contributed by atoms with E-state index in [2.05, 4.69) is 11.8 Å². The minimum atomic E-state index is -0.266. The van der Waals surface area contributed by atoms with Crippen molar-refractivity contribution >= 4 is 17.5 Å². The number of primary amides is 1. The van der Waals surface area contributed by atoms with Gasteiger partial charge in [-0.05, 0) is 37.5 Å². The summed E-state index contributed by atoms with van der Waals surface area (Å²) in [4.78, 5) is 13.3. The predicted octanol–water partition coefficient (Wildman–Crippen LogP) is 2.35. The maximum Gasteiger partial charge on any atom is 0.231 e. The van der Waals surface area contributed by atoms with Crippen LogP contribution >= 0.6 is 11.6 Å². The van der Waals surface area contributed by atoms with Crippen molar-refractivity contribution in [3.63, 3.8) is 0 Å². The molecular formula is C13H17ClN2O. The first-order valence-electron chi connectivity index (χ1n) is 5.87. The Bertz CT molecular complexity index is 400. The van der Waals surface area contributed by atoms with Crippen LogP contribution in [0.15, 0.2) is 24.3 Å². The summed E-state index contributed by atoms with van der Waals surface area (Å²) in [7, 11) is 0. The Labute approximate surface area is 107 Å². The molecule has 0 aromatic heterocycles. The van der Waals surface area contributed by atoms with E-state index in [1.165, 1.54) is 5.56 Å². The molecule has 1 aliphatic carbocycles. The van der Waals surface area contributed by atoms with Crippen molar-refractivity contribution in [3.05, 3.63) is 34.9 Å². The second kappa shape index (κ2) is 5.07. The van der Waals surface area contributed by atoms with Gasteiger partial charge in [-0.25, -0.2) is 0 Å². The lowest BCUT2D eigenvalue weighted by atomic mass is 10.1. The SMILES string of the molecule is CC(c1ccc(Cl)cc1)N(CC(N)=O)C1CC1. The zero-order chi connectivity index (χ0) is 12.4. The summed E-state index contributed by atoms with van der Waals surface area (Å²) in [6.45, 7) is 2.43. The molecule has 0 heterocycles. The van der Waals surface area contributed by atoms with Gasteiger partial charge in [-0.2, -0.15) is 0 Å². The summed E-state index contributed by atoms with van der Waals surface area (Å²) in [5.74, 6) is -0.266. The molecule has 0 bridgehead atoms. The van der Waals surface area contributed by atoms with Crippen LogP contribution in [0.25, 0.3) is 0 Å². The van der Waals surface area contributed by atoms with Gasteiger partial charge in [0.1, 0.15) is 0 Å². The van der Waals surface area contributed by atoms with Gasteiger partial charge in [-0.15, -0.1) is 0 Å². The number of hydrogen-bond acceptors (Lipinski definition) is 2. The summed E-state index contributed by atoms with van der Waals surface area (Å²) < 4.78 is 0. The predicted molar refractivity (Wildman–Crippen MR) is 68.8 cm³/mol. The molecule has 4 heteroatoms. The molecule has 17 heavy (non-hydrogen) atoms. The largest absolute Gasteiger partial charge is 0.369 e. The van der Waals surface area contributed by atoms with Gasteiger partial charge < -0.3 is 5.73 Å². The fourth-order valence-electron chi connectivity index (χ4n) is 2.10. The van der Waals surface area contributed by atoms with Crippen LogP contribution in [0.5, 0.6) is 0 Å². The summed E-state index contributed by atoms with van der Waals surface area (Å²) in [6.07, 6.45) is 2.32. The molecule has 2 rings (SSSR count). The Hall–Kier alpha value is -1.06. The zero-order valence-electron chi connectivity index (χ0n) is 9.90. The summed E-state index contributed by atoms with van der Waals surface area (Å²) >= 11 is 5.87. The number of nitrogens with two attached hydrogens (primary N) is 1. The molecule has 2 N–H and O–H groups in total. The number of hydrogen-bond donors (Lipinski definition) is 1. The quantitative estimate of drug-likeness (QED) is 0.875. The third-order valence-electron chi connectivity index (χ3n) is 3.20. The molecule has 0 saturated heterocycles. The van der Waals surface area contributed by atoms with Crippen molar-refractivity contribution in [2.75, 3.05) is 6.54 Å². The smallest absolute Gasteiger partial charge is 0.231 e. The van der Waals surface area contributed by atoms with E-state index in [4.69, 9.17) is 17.3 Å². The number of amides is 1. The molecule has 0 spiro atoms. The molecule has 1 atom stereocenters. The van der Waals surface area contributed by atoms with Gasteiger partial charge in [0.15, 0.2) is 0 Å². The molecule has 1 aromatic carbocycles. The van der Waals surface area contributed by atoms with Gasteiger partial charge in [0, 0.05) is 17.1 Å². The molecule has 1 saturated carbocycles. The lowest BCUT2D eigenvalue weighted by Gasteiger charge is -2.28. The Kier molecular flexibility index (Phi) is 3.69. The minimum absolute atomic E-state index is 0.201. The Morgan fingerprint density at radius 3 is 2.53 bits per heavy atom. The van der Waals surface area contributed by atoms with E-state index in [1.807, 2.05) is 24.3 Å². The maximum absolute atomic E-state index is 11.1. The highest BCUT2D eigenvalue weighted by Gasteiger charge is 2.33. The summed E-state index contributed by atoms with van der Waals surface area (Å²) in [5.41, 5.74) is 6.47. The van der Waals surface area contributed by atoms with Crippen molar-refractivity contribution in [1.29, 1.82) is 0 Å². The average molecular weight is 253 g/mol. The van der Waals surface area contributed by atoms with Crippen LogP contribution in [0, 0.1) is 0 Å². The standard InChI is InChI=1S/C13H17ClN2O/c1-9(10-2-4-11(14)5-3-10)16(8-13(15)17)12-6-7-12/h2-5,9,12H,6-8H2,1H3,(H2,15,17). The molecule has 1 aliphatic rings. The molecule has 3 nitrogen and oxygen atoms in total. The number of carbonyl (C=O) groups is 1. The molecule has 1 fully saturated rings. The second-order valence-electron chi connectivity index (χ2n) is 4.60. The average Bonchev–Trinajstić information content (AvgIpc) is 3.09. The Morgan fingerprint density at radius 1 is 1.47 bits per heavy atom. The van der Waals surface area contributed by atoms with E-state index in [1.54, 1.807) is 0 Å². The zero-order valence-corrected chi connectivity index (χ0v) is 10.7. The first kappa shape index (κ1) is 12.4. The number of benzene rings is 1. The molecule has 1 unspecified atom stereocenters. The molecule has 0 aliphatic heterocycles. The van der Waals surface area contributed by atoms with Crippen LogP contribution in [0.1, 0.15) is 31.4 Å². The normalized spacial score (nSPS) is 17.1. The number of halogens is 1. The van der Waals surface area contributed by atoms with Crippen molar-refractivity contribution in [2.45, 2.75) is 31.8 Å². The fourth-order valence-corrected chi connectivity index (χ4v) is 2.23. The molecule has 92 valence electrons. The van der Waals surface area contributed by atoms with E-state index in [0.717, 1.165) is 17.9 Å². The summed E-state index contributed by atoms with van der Waals surface area (Å²) in [6, 6.07) is 8.47. The van der Waals surface area contributed by atoms with E-state index in [-0.39, 0.29) is 11.9 Å². The van der Waals surface area contributed by atoms with Gasteiger partial charge in [0.2, 0.25) is 5.91 Å². The maximum atomic E-state index is 11.1. The highest BCUT2D eigenvalue weighted by molar-refractivity contribution is 6.30. The van der Waals surface area contributed by atoms with Crippen LogP contribution in [0.4, 0.5) is 0 Å². The number of rotatable bonds is 5. The lowest BCUT2D eigenvalue weighted by molar-refractivity contribution is -0.119. The molecule has 1 amide bonds. The van der Waals surface area contributed by atoms with E-state index < -0.39 is 0 Å². The monoisotopic (exact) mass is 252 g/mol. The molecular weight excluding hydrogens is 236 g/mol. The Morgan fingerprint density at radius 2 is 2.06 bits per heavy atom. The van der Waals surface area contributed by atoms with E-state index >= 15 is 0 Å². The van der Waals surface area contributed by atoms with Crippen molar-refractivity contribution in [3.8, 4) is 0 Å². The van der Waals surface area contributed by atoms with Crippen LogP contribution in [-0.2, 0) is 4.79 Å². The first-order valence-corrected chi connectivity index (χ1v) is 6.25.